The number of hydrogen-bond acceptors (Lipinski definition) is 2. The Balaban J connectivity index is 2.38. The van der Waals surface area contributed by atoms with Crippen molar-refractivity contribution in [3.63, 3.8) is 0 Å². The molecule has 0 aromatic rings. The molecule has 0 aromatic carbocycles. The first-order chi connectivity index (χ1) is 5.74. The van der Waals surface area contributed by atoms with Crippen LogP contribution in [0.5, 0.6) is 0 Å². The topological polar surface area (TPSA) is 26.3 Å². The lowest BCUT2D eigenvalue weighted by atomic mass is 9.97. The number of carbonyl (C=O) groups is 1. The minimum Gasteiger partial charge on any atom is -0.458 e. The van der Waals surface area contributed by atoms with Crippen LogP contribution in [-0.2, 0) is 9.53 Å². The van der Waals surface area contributed by atoms with Gasteiger partial charge in [-0.15, -0.1) is 11.6 Å². The smallest absolute Gasteiger partial charge is 0.330 e. The van der Waals surface area contributed by atoms with Crippen LogP contribution in [0.4, 0.5) is 0 Å². The summed E-state index contributed by atoms with van der Waals surface area (Å²) < 4.78 is 5.06. The van der Waals surface area contributed by atoms with Gasteiger partial charge in [-0.1, -0.05) is 13.0 Å². The monoisotopic (exact) mass is 188 g/mol. The molecule has 0 heterocycles. The number of ether oxygens (including phenoxy) is 1. The van der Waals surface area contributed by atoms with Crippen LogP contribution in [0.25, 0.3) is 0 Å². The number of esters is 1. The van der Waals surface area contributed by atoms with Crippen LogP contribution in [0.1, 0.15) is 25.7 Å². The van der Waals surface area contributed by atoms with Crippen molar-refractivity contribution < 1.29 is 9.53 Å². The van der Waals surface area contributed by atoms with Crippen molar-refractivity contribution in [3.05, 3.63) is 12.7 Å². The zero-order valence-corrected chi connectivity index (χ0v) is 7.72. The normalized spacial score (nSPS) is 29.4. The molecule has 0 saturated heterocycles. The lowest BCUT2D eigenvalue weighted by Crippen LogP contribution is -2.30. The summed E-state index contributed by atoms with van der Waals surface area (Å²) in [5, 5.41) is -0.0114. The Kier molecular flexibility index (Phi) is 3.60. The first-order valence-corrected chi connectivity index (χ1v) is 4.65. The van der Waals surface area contributed by atoms with E-state index in [1.165, 1.54) is 6.08 Å². The van der Waals surface area contributed by atoms with E-state index in [4.69, 9.17) is 16.3 Å². The molecule has 1 saturated carbocycles. The lowest BCUT2D eigenvalue weighted by Gasteiger charge is -2.26. The number of hydrogen-bond donors (Lipinski definition) is 0. The fourth-order valence-electron chi connectivity index (χ4n) is 1.38. The van der Waals surface area contributed by atoms with Crippen molar-refractivity contribution in [2.24, 2.45) is 0 Å². The van der Waals surface area contributed by atoms with E-state index >= 15 is 0 Å². The zero-order valence-electron chi connectivity index (χ0n) is 6.96. The fourth-order valence-corrected chi connectivity index (χ4v) is 1.71. The molecule has 3 heteroatoms. The average Bonchev–Trinajstić information content (AvgIpc) is 2.09. The molecule has 0 bridgehead atoms. The van der Waals surface area contributed by atoms with Gasteiger partial charge in [0.2, 0.25) is 0 Å². The molecular weight excluding hydrogens is 176 g/mol. The van der Waals surface area contributed by atoms with Gasteiger partial charge in [-0.05, 0) is 19.3 Å². The van der Waals surface area contributed by atoms with Crippen LogP contribution in [-0.4, -0.2) is 17.5 Å². The maximum absolute atomic E-state index is 10.8. The van der Waals surface area contributed by atoms with E-state index < -0.39 is 0 Å². The number of halogens is 1. The number of rotatable bonds is 2. The molecule has 1 rings (SSSR count). The summed E-state index contributed by atoms with van der Waals surface area (Å²) in [6.07, 6.45) is 5.13. The van der Waals surface area contributed by atoms with Crippen LogP contribution in [0.3, 0.4) is 0 Å². The van der Waals surface area contributed by atoms with Crippen LogP contribution < -0.4 is 0 Å². The molecule has 1 fully saturated rings. The molecule has 2 unspecified atom stereocenters. The Bertz CT molecular complexity index is 179. The van der Waals surface area contributed by atoms with E-state index in [1.807, 2.05) is 0 Å². The molecule has 0 N–H and O–H groups in total. The first-order valence-electron chi connectivity index (χ1n) is 4.21. The average molecular weight is 189 g/mol. The first kappa shape index (κ1) is 9.59. The molecule has 1 aliphatic rings. The summed E-state index contributed by atoms with van der Waals surface area (Å²) >= 11 is 5.97. The van der Waals surface area contributed by atoms with Crippen LogP contribution >= 0.6 is 11.6 Å². The highest BCUT2D eigenvalue weighted by molar-refractivity contribution is 6.21. The van der Waals surface area contributed by atoms with Crippen molar-refractivity contribution in [3.8, 4) is 0 Å². The fraction of sp³-hybridized carbons (Fsp3) is 0.667. The second-order valence-electron chi connectivity index (χ2n) is 2.98. The molecule has 1 aliphatic carbocycles. The Hall–Kier alpha value is -0.500. The third-order valence-electron chi connectivity index (χ3n) is 2.06. The van der Waals surface area contributed by atoms with Gasteiger partial charge < -0.3 is 4.74 Å². The largest absolute Gasteiger partial charge is 0.458 e. The lowest BCUT2D eigenvalue weighted by molar-refractivity contribution is -0.144. The van der Waals surface area contributed by atoms with Crippen LogP contribution in [0.2, 0.25) is 0 Å². The van der Waals surface area contributed by atoms with Crippen molar-refractivity contribution in [1.82, 2.24) is 0 Å². The molecule has 0 aliphatic heterocycles. The molecule has 0 radical (unpaired) electrons. The number of carbonyl (C=O) groups excluding carboxylic acids is 1. The molecule has 12 heavy (non-hydrogen) atoms. The van der Waals surface area contributed by atoms with E-state index in [1.54, 1.807) is 0 Å². The highest BCUT2D eigenvalue weighted by atomic mass is 35.5. The SMILES string of the molecule is C=CC(=O)OC1CCCCC1Cl. The van der Waals surface area contributed by atoms with Crippen molar-refractivity contribution >= 4 is 17.6 Å². The summed E-state index contributed by atoms with van der Waals surface area (Å²) in [6.45, 7) is 3.33. The molecule has 2 nitrogen and oxygen atoms in total. The van der Waals surface area contributed by atoms with Crippen molar-refractivity contribution in [2.45, 2.75) is 37.2 Å². The second kappa shape index (κ2) is 4.51. The molecule has 2 atom stereocenters. The summed E-state index contributed by atoms with van der Waals surface area (Å²) in [5.74, 6) is -0.368. The van der Waals surface area contributed by atoms with E-state index in [2.05, 4.69) is 6.58 Å². The van der Waals surface area contributed by atoms with Gasteiger partial charge in [-0.25, -0.2) is 4.79 Å². The summed E-state index contributed by atoms with van der Waals surface area (Å²) in [6, 6.07) is 0. The Morgan fingerprint density at radius 3 is 2.75 bits per heavy atom. The minimum absolute atomic E-state index is 0.0114. The highest BCUT2D eigenvalue weighted by Crippen LogP contribution is 2.25. The minimum atomic E-state index is -0.368. The van der Waals surface area contributed by atoms with E-state index in [-0.39, 0.29) is 17.5 Å². The van der Waals surface area contributed by atoms with Crippen molar-refractivity contribution in [1.29, 1.82) is 0 Å². The maximum Gasteiger partial charge on any atom is 0.330 e. The second-order valence-corrected chi connectivity index (χ2v) is 3.54. The van der Waals surface area contributed by atoms with Gasteiger partial charge in [-0.3, -0.25) is 0 Å². The standard InChI is InChI=1S/C9H13ClO2/c1-2-9(11)12-8-6-4-3-5-7(8)10/h2,7-8H,1,3-6H2. The summed E-state index contributed by atoms with van der Waals surface area (Å²) in [4.78, 5) is 10.8. The summed E-state index contributed by atoms with van der Waals surface area (Å²) in [7, 11) is 0. The Morgan fingerprint density at radius 2 is 2.17 bits per heavy atom. The molecular formula is C9H13ClO2. The highest BCUT2D eigenvalue weighted by Gasteiger charge is 2.25. The Morgan fingerprint density at radius 1 is 1.50 bits per heavy atom. The predicted octanol–water partition coefficient (Wildman–Crippen LogP) is 2.27. The third kappa shape index (κ3) is 2.52. The van der Waals surface area contributed by atoms with Crippen molar-refractivity contribution in [2.75, 3.05) is 0 Å². The van der Waals surface area contributed by atoms with E-state index in [9.17, 15) is 4.79 Å². The van der Waals surface area contributed by atoms with Gasteiger partial charge in [0.15, 0.2) is 0 Å². The quantitative estimate of drug-likeness (QED) is 0.378. The molecule has 68 valence electrons. The van der Waals surface area contributed by atoms with Crippen LogP contribution in [0.15, 0.2) is 12.7 Å². The van der Waals surface area contributed by atoms with Gasteiger partial charge in [-0.2, -0.15) is 0 Å². The number of alkyl halides is 1. The van der Waals surface area contributed by atoms with Crippen LogP contribution in [0, 0.1) is 0 Å². The van der Waals surface area contributed by atoms with Gasteiger partial charge in [0.25, 0.3) is 0 Å². The third-order valence-corrected chi connectivity index (χ3v) is 2.56. The molecule has 0 amide bonds. The molecule has 0 aromatic heterocycles. The summed E-state index contributed by atoms with van der Waals surface area (Å²) in [5.41, 5.74) is 0. The van der Waals surface area contributed by atoms with Gasteiger partial charge in [0.05, 0.1) is 5.38 Å². The Labute approximate surface area is 77.5 Å². The zero-order chi connectivity index (χ0) is 8.97. The maximum atomic E-state index is 10.8. The van der Waals surface area contributed by atoms with E-state index in [0.29, 0.717) is 0 Å². The van der Waals surface area contributed by atoms with Gasteiger partial charge in [0, 0.05) is 6.08 Å². The van der Waals surface area contributed by atoms with E-state index in [0.717, 1.165) is 25.7 Å². The van der Waals surface area contributed by atoms with Gasteiger partial charge >= 0.3 is 5.97 Å². The van der Waals surface area contributed by atoms with Gasteiger partial charge in [0.1, 0.15) is 6.10 Å². The molecule has 0 spiro atoms. The predicted molar refractivity (Wildman–Crippen MR) is 48.2 cm³/mol.